The van der Waals surface area contributed by atoms with E-state index in [1.165, 1.54) is 11.1 Å². The van der Waals surface area contributed by atoms with Crippen LogP contribution in [0.1, 0.15) is 30.0 Å². The molecule has 2 aromatic rings. The summed E-state index contributed by atoms with van der Waals surface area (Å²) < 4.78 is 8.14. The molecule has 3 rings (SSSR count). The predicted octanol–water partition coefficient (Wildman–Crippen LogP) is 1.59. The summed E-state index contributed by atoms with van der Waals surface area (Å²) in [6.45, 7) is 3.76. The second-order valence-electron chi connectivity index (χ2n) is 5.35. The highest BCUT2D eigenvalue weighted by atomic mass is 16.5. The maximum Gasteiger partial charge on any atom is 0.110 e. The molecule has 2 atom stereocenters. The minimum atomic E-state index is -0.0260. The topological polar surface area (TPSA) is 65.1 Å². The lowest BCUT2D eigenvalue weighted by Crippen LogP contribution is -2.44. The third-order valence-electron chi connectivity index (χ3n) is 4.15. The summed E-state index contributed by atoms with van der Waals surface area (Å²) >= 11 is 0. The minimum absolute atomic E-state index is 0.0131. The molecule has 0 aliphatic carbocycles. The van der Waals surface area contributed by atoms with Crippen LogP contribution in [0.2, 0.25) is 0 Å². The van der Waals surface area contributed by atoms with E-state index >= 15 is 0 Å². The highest BCUT2D eigenvalue weighted by Gasteiger charge is 2.29. The van der Waals surface area contributed by atoms with Gasteiger partial charge in [-0.25, -0.2) is 4.98 Å². The maximum atomic E-state index is 6.00. The Hall–Kier alpha value is -1.69. The van der Waals surface area contributed by atoms with Gasteiger partial charge < -0.3 is 9.30 Å². The number of fused-ring (bicyclic) bond motifs is 1. The summed E-state index contributed by atoms with van der Waals surface area (Å²) in [5, 5.41) is 0. The first-order valence-corrected chi connectivity index (χ1v) is 7.49. The summed E-state index contributed by atoms with van der Waals surface area (Å²) in [5.74, 6) is 6.84. The van der Waals surface area contributed by atoms with Crippen molar-refractivity contribution in [2.24, 2.45) is 5.84 Å². The Morgan fingerprint density at radius 2 is 2.33 bits per heavy atom. The molecule has 0 saturated carbocycles. The molecular weight excluding hydrogens is 264 g/mol. The number of imidazole rings is 1. The zero-order chi connectivity index (χ0) is 14.7. The van der Waals surface area contributed by atoms with Crippen molar-refractivity contribution in [2.45, 2.75) is 38.5 Å². The molecule has 0 amide bonds. The van der Waals surface area contributed by atoms with Crippen molar-refractivity contribution in [2.75, 3.05) is 6.61 Å². The Balaban J connectivity index is 1.84. The Kier molecular flexibility index (Phi) is 4.34. The standard InChI is InChI=1S/C16H22N4O/c1-2-20-9-8-18-15(20)11-14(19-17)16-13-6-4-3-5-12(13)7-10-21-16/h3-6,8-9,14,16,19H,2,7,10-11,17H2,1H3. The van der Waals surface area contributed by atoms with Crippen molar-refractivity contribution < 1.29 is 4.74 Å². The number of aromatic nitrogens is 2. The SMILES string of the molecule is CCn1ccnc1CC(NN)C1OCCc2ccccc21. The first kappa shape index (κ1) is 14.3. The van der Waals surface area contributed by atoms with Crippen molar-refractivity contribution in [3.63, 3.8) is 0 Å². The van der Waals surface area contributed by atoms with Gasteiger partial charge in [0.05, 0.1) is 18.8 Å². The van der Waals surface area contributed by atoms with Gasteiger partial charge in [0.1, 0.15) is 5.82 Å². The van der Waals surface area contributed by atoms with Crippen LogP contribution in [0, 0.1) is 0 Å². The van der Waals surface area contributed by atoms with E-state index in [-0.39, 0.29) is 12.1 Å². The number of nitrogens with one attached hydrogen (secondary N) is 1. The van der Waals surface area contributed by atoms with Crippen LogP contribution in [0.15, 0.2) is 36.7 Å². The van der Waals surface area contributed by atoms with Gasteiger partial charge in [-0.15, -0.1) is 0 Å². The van der Waals surface area contributed by atoms with Gasteiger partial charge in [-0.2, -0.15) is 0 Å². The van der Waals surface area contributed by atoms with Crippen LogP contribution in [0.5, 0.6) is 0 Å². The Morgan fingerprint density at radius 3 is 3.14 bits per heavy atom. The number of ether oxygens (including phenoxy) is 1. The van der Waals surface area contributed by atoms with Crippen LogP contribution in [0.4, 0.5) is 0 Å². The zero-order valence-corrected chi connectivity index (χ0v) is 12.3. The molecule has 3 N–H and O–H groups in total. The number of hydrogen-bond donors (Lipinski definition) is 2. The van der Waals surface area contributed by atoms with Crippen LogP contribution in [0.25, 0.3) is 0 Å². The summed E-state index contributed by atoms with van der Waals surface area (Å²) in [4.78, 5) is 4.44. The Bertz CT molecular complexity index is 595. The van der Waals surface area contributed by atoms with E-state index in [2.05, 4.69) is 46.2 Å². The van der Waals surface area contributed by atoms with Crippen LogP contribution >= 0.6 is 0 Å². The molecule has 1 aliphatic heterocycles. The molecule has 112 valence electrons. The average Bonchev–Trinajstić information content (AvgIpc) is 2.99. The zero-order valence-electron chi connectivity index (χ0n) is 12.3. The molecular formula is C16H22N4O. The van der Waals surface area contributed by atoms with Crippen LogP contribution in [-0.4, -0.2) is 22.2 Å². The second-order valence-corrected chi connectivity index (χ2v) is 5.35. The first-order valence-electron chi connectivity index (χ1n) is 7.49. The number of hydrazine groups is 1. The number of aryl methyl sites for hydroxylation is 1. The molecule has 0 bridgehead atoms. The molecule has 5 heteroatoms. The highest BCUT2D eigenvalue weighted by Crippen LogP contribution is 2.30. The third kappa shape index (κ3) is 2.85. The molecule has 1 aliphatic rings. The highest BCUT2D eigenvalue weighted by molar-refractivity contribution is 5.32. The largest absolute Gasteiger partial charge is 0.371 e. The van der Waals surface area contributed by atoms with Gasteiger partial charge in [-0.3, -0.25) is 11.3 Å². The van der Waals surface area contributed by atoms with E-state index in [1.54, 1.807) is 0 Å². The van der Waals surface area contributed by atoms with Gasteiger partial charge >= 0.3 is 0 Å². The summed E-state index contributed by atoms with van der Waals surface area (Å²) in [6, 6.07) is 8.46. The molecule has 0 spiro atoms. The van der Waals surface area contributed by atoms with Crippen LogP contribution < -0.4 is 11.3 Å². The van der Waals surface area contributed by atoms with Crippen LogP contribution in [0.3, 0.4) is 0 Å². The predicted molar refractivity (Wildman–Crippen MR) is 81.6 cm³/mol. The van der Waals surface area contributed by atoms with E-state index in [1.807, 2.05) is 12.4 Å². The quantitative estimate of drug-likeness (QED) is 0.647. The molecule has 1 aromatic carbocycles. The third-order valence-corrected chi connectivity index (χ3v) is 4.15. The van der Waals surface area contributed by atoms with E-state index in [9.17, 15) is 0 Å². The first-order chi connectivity index (χ1) is 10.3. The van der Waals surface area contributed by atoms with Gasteiger partial charge in [0, 0.05) is 25.4 Å². The Labute approximate surface area is 125 Å². The van der Waals surface area contributed by atoms with Crippen LogP contribution in [-0.2, 0) is 24.1 Å². The normalized spacial score (nSPS) is 19.2. The van der Waals surface area contributed by atoms with Gasteiger partial charge in [0.25, 0.3) is 0 Å². The molecule has 21 heavy (non-hydrogen) atoms. The maximum absolute atomic E-state index is 6.00. The monoisotopic (exact) mass is 286 g/mol. The average molecular weight is 286 g/mol. The van der Waals surface area contributed by atoms with Crippen molar-refractivity contribution in [1.29, 1.82) is 0 Å². The fourth-order valence-electron chi connectivity index (χ4n) is 3.03. The summed E-state index contributed by atoms with van der Waals surface area (Å²) in [7, 11) is 0. The molecule has 2 unspecified atom stereocenters. The van der Waals surface area contributed by atoms with E-state index < -0.39 is 0 Å². The summed E-state index contributed by atoms with van der Waals surface area (Å²) in [5.41, 5.74) is 5.52. The smallest absolute Gasteiger partial charge is 0.110 e. The van der Waals surface area contributed by atoms with E-state index in [4.69, 9.17) is 10.6 Å². The van der Waals surface area contributed by atoms with E-state index in [0.29, 0.717) is 0 Å². The fraction of sp³-hybridized carbons (Fsp3) is 0.438. The van der Waals surface area contributed by atoms with Crippen molar-refractivity contribution in [1.82, 2.24) is 15.0 Å². The molecule has 5 nitrogen and oxygen atoms in total. The van der Waals surface area contributed by atoms with Gasteiger partial charge in [-0.05, 0) is 24.5 Å². The van der Waals surface area contributed by atoms with Crippen molar-refractivity contribution >= 4 is 0 Å². The molecule has 1 aromatic heterocycles. The van der Waals surface area contributed by atoms with E-state index in [0.717, 1.165) is 31.8 Å². The number of rotatable bonds is 5. The van der Waals surface area contributed by atoms with Gasteiger partial charge in [0.15, 0.2) is 0 Å². The molecule has 2 heterocycles. The second kappa shape index (κ2) is 6.39. The number of nitrogens with two attached hydrogens (primary N) is 1. The molecule has 0 fully saturated rings. The minimum Gasteiger partial charge on any atom is -0.371 e. The van der Waals surface area contributed by atoms with Gasteiger partial charge in [0.2, 0.25) is 0 Å². The Morgan fingerprint density at radius 1 is 1.48 bits per heavy atom. The van der Waals surface area contributed by atoms with Crippen molar-refractivity contribution in [3.05, 3.63) is 53.6 Å². The number of nitrogens with zero attached hydrogens (tertiary/aromatic N) is 2. The van der Waals surface area contributed by atoms with Crippen molar-refractivity contribution in [3.8, 4) is 0 Å². The summed E-state index contributed by atoms with van der Waals surface area (Å²) in [6.07, 6.45) is 5.52. The lowest BCUT2D eigenvalue weighted by atomic mass is 9.92. The molecule has 0 saturated heterocycles. The fourth-order valence-corrected chi connectivity index (χ4v) is 3.03. The number of benzene rings is 1. The lowest BCUT2D eigenvalue weighted by Gasteiger charge is -2.32. The number of hydrogen-bond acceptors (Lipinski definition) is 4. The van der Waals surface area contributed by atoms with Gasteiger partial charge in [-0.1, -0.05) is 24.3 Å². The molecule has 0 radical (unpaired) electrons. The lowest BCUT2D eigenvalue weighted by molar-refractivity contribution is 0.0147.